The molecule has 0 saturated carbocycles. The summed E-state index contributed by atoms with van der Waals surface area (Å²) in [5, 5.41) is 9.20. The highest BCUT2D eigenvalue weighted by molar-refractivity contribution is 5.99. The predicted molar refractivity (Wildman–Crippen MR) is 66.8 cm³/mol. The molecule has 102 valence electrons. The zero-order chi connectivity index (χ0) is 13.7. The third-order valence-corrected chi connectivity index (χ3v) is 3.07. The number of hydrogen-bond donors (Lipinski definition) is 1. The molecule has 1 atom stereocenters. The minimum atomic E-state index is -1.26. The van der Waals surface area contributed by atoms with Crippen molar-refractivity contribution in [1.29, 1.82) is 0 Å². The summed E-state index contributed by atoms with van der Waals surface area (Å²) in [4.78, 5) is 23.3. The molecule has 19 heavy (non-hydrogen) atoms. The summed E-state index contributed by atoms with van der Waals surface area (Å²) < 4.78 is 10.4. The second kappa shape index (κ2) is 6.33. The molecule has 5 nitrogen and oxygen atoms in total. The van der Waals surface area contributed by atoms with Crippen molar-refractivity contribution in [3.05, 3.63) is 35.9 Å². The van der Waals surface area contributed by atoms with E-state index in [9.17, 15) is 14.7 Å². The van der Waals surface area contributed by atoms with Crippen molar-refractivity contribution in [1.82, 2.24) is 0 Å². The summed E-state index contributed by atoms with van der Waals surface area (Å²) >= 11 is 0. The lowest BCUT2D eigenvalue weighted by atomic mass is 9.99. The number of ether oxygens (including phenoxy) is 2. The van der Waals surface area contributed by atoms with Crippen molar-refractivity contribution in [3.63, 3.8) is 0 Å². The third-order valence-electron chi connectivity index (χ3n) is 3.07. The van der Waals surface area contributed by atoms with Crippen molar-refractivity contribution in [2.75, 3.05) is 13.2 Å². The molecular weight excluding hydrogens is 248 g/mol. The van der Waals surface area contributed by atoms with Crippen LogP contribution < -0.4 is 0 Å². The zero-order valence-corrected chi connectivity index (χ0v) is 10.5. The quantitative estimate of drug-likeness (QED) is 0.660. The van der Waals surface area contributed by atoms with Crippen molar-refractivity contribution < 1.29 is 24.2 Å². The van der Waals surface area contributed by atoms with E-state index in [0.717, 1.165) is 0 Å². The Morgan fingerprint density at radius 3 is 2.42 bits per heavy atom. The fourth-order valence-electron chi connectivity index (χ4n) is 2.05. The Labute approximate surface area is 111 Å². The van der Waals surface area contributed by atoms with Gasteiger partial charge in [0.2, 0.25) is 0 Å². The van der Waals surface area contributed by atoms with Crippen LogP contribution in [0.3, 0.4) is 0 Å². The van der Waals surface area contributed by atoms with E-state index in [1.165, 1.54) is 0 Å². The molecule has 1 heterocycles. The number of carbonyl (C=O) groups is 2. The maximum atomic E-state index is 12.0. The first-order valence-corrected chi connectivity index (χ1v) is 6.24. The Morgan fingerprint density at radius 1 is 1.21 bits per heavy atom. The molecule has 1 aliphatic rings. The van der Waals surface area contributed by atoms with E-state index in [-0.39, 0.29) is 6.10 Å². The molecular formula is C14H16O5. The summed E-state index contributed by atoms with van der Waals surface area (Å²) in [6, 6.07) is 8.40. The Hall–Kier alpha value is -1.88. The summed E-state index contributed by atoms with van der Waals surface area (Å²) in [5.74, 6) is -3.15. The lowest BCUT2D eigenvalue weighted by molar-refractivity contribution is -0.160. The lowest BCUT2D eigenvalue weighted by Crippen LogP contribution is -2.31. The standard InChI is InChI=1S/C14H16O5/c15-13(16)12(10-4-2-1-3-5-10)14(17)19-11-6-8-18-9-7-11/h1-5,11-12H,6-9H2,(H,15,16). The molecule has 0 radical (unpaired) electrons. The van der Waals surface area contributed by atoms with Crippen LogP contribution in [-0.2, 0) is 19.1 Å². The van der Waals surface area contributed by atoms with Crippen LogP contribution in [0.2, 0.25) is 0 Å². The van der Waals surface area contributed by atoms with Gasteiger partial charge in [-0.15, -0.1) is 0 Å². The van der Waals surface area contributed by atoms with Gasteiger partial charge in [-0.25, -0.2) is 0 Å². The van der Waals surface area contributed by atoms with Gasteiger partial charge in [-0.1, -0.05) is 30.3 Å². The number of esters is 1. The molecule has 1 unspecified atom stereocenters. The average Bonchev–Trinajstić information content (AvgIpc) is 2.40. The highest BCUT2D eigenvalue weighted by Crippen LogP contribution is 2.20. The summed E-state index contributed by atoms with van der Waals surface area (Å²) in [5.41, 5.74) is 0.437. The van der Waals surface area contributed by atoms with Gasteiger partial charge in [0, 0.05) is 12.8 Å². The number of rotatable bonds is 4. The topological polar surface area (TPSA) is 72.8 Å². The van der Waals surface area contributed by atoms with Gasteiger partial charge in [0.1, 0.15) is 6.10 Å². The lowest BCUT2D eigenvalue weighted by Gasteiger charge is -2.23. The fourth-order valence-corrected chi connectivity index (χ4v) is 2.05. The van der Waals surface area contributed by atoms with E-state index in [1.54, 1.807) is 30.3 Å². The average molecular weight is 264 g/mol. The van der Waals surface area contributed by atoms with Crippen molar-refractivity contribution in [3.8, 4) is 0 Å². The molecule has 0 aliphatic carbocycles. The van der Waals surface area contributed by atoms with Gasteiger partial charge >= 0.3 is 11.9 Å². The number of aliphatic carboxylic acids is 1. The molecule has 0 amide bonds. The third kappa shape index (κ3) is 3.54. The van der Waals surface area contributed by atoms with Gasteiger partial charge in [0.15, 0.2) is 5.92 Å². The number of carboxylic acid groups (broad SMARTS) is 1. The Balaban J connectivity index is 2.06. The molecule has 5 heteroatoms. The SMILES string of the molecule is O=C(O)C(C(=O)OC1CCOCC1)c1ccccc1. The smallest absolute Gasteiger partial charge is 0.325 e. The van der Waals surface area contributed by atoms with Crippen LogP contribution in [0.5, 0.6) is 0 Å². The van der Waals surface area contributed by atoms with Gasteiger partial charge in [-0.05, 0) is 5.56 Å². The van der Waals surface area contributed by atoms with E-state index < -0.39 is 17.9 Å². The second-order valence-electron chi connectivity index (χ2n) is 4.43. The molecule has 2 rings (SSSR count). The van der Waals surface area contributed by atoms with Crippen molar-refractivity contribution >= 4 is 11.9 Å². The molecule has 0 aromatic heterocycles. The highest BCUT2D eigenvalue weighted by atomic mass is 16.6. The maximum absolute atomic E-state index is 12.0. The number of carboxylic acids is 1. The van der Waals surface area contributed by atoms with Gasteiger partial charge in [0.25, 0.3) is 0 Å². The minimum absolute atomic E-state index is 0.244. The van der Waals surface area contributed by atoms with Crippen LogP contribution >= 0.6 is 0 Å². The first kappa shape index (κ1) is 13.5. The van der Waals surface area contributed by atoms with Gasteiger partial charge < -0.3 is 14.6 Å². The van der Waals surface area contributed by atoms with Crippen LogP contribution in [0.1, 0.15) is 24.3 Å². The molecule has 1 aromatic carbocycles. The normalized spacial score (nSPS) is 17.7. The molecule has 1 N–H and O–H groups in total. The first-order valence-electron chi connectivity index (χ1n) is 6.24. The van der Waals surface area contributed by atoms with Crippen LogP contribution in [-0.4, -0.2) is 36.4 Å². The second-order valence-corrected chi connectivity index (χ2v) is 4.43. The summed E-state index contributed by atoms with van der Waals surface area (Å²) in [6.07, 6.45) is 0.992. The van der Waals surface area contributed by atoms with Crippen LogP contribution in [0, 0.1) is 0 Å². The van der Waals surface area contributed by atoms with Crippen LogP contribution in [0.4, 0.5) is 0 Å². The van der Waals surface area contributed by atoms with Gasteiger partial charge in [0.05, 0.1) is 13.2 Å². The number of carbonyl (C=O) groups excluding carboxylic acids is 1. The molecule has 0 bridgehead atoms. The highest BCUT2D eigenvalue weighted by Gasteiger charge is 2.32. The molecule has 1 saturated heterocycles. The Kier molecular flexibility index (Phi) is 4.52. The number of hydrogen-bond acceptors (Lipinski definition) is 4. The molecule has 0 spiro atoms. The predicted octanol–water partition coefficient (Wildman–Crippen LogP) is 1.58. The van der Waals surface area contributed by atoms with Crippen LogP contribution in [0.25, 0.3) is 0 Å². The van der Waals surface area contributed by atoms with Crippen LogP contribution in [0.15, 0.2) is 30.3 Å². The zero-order valence-electron chi connectivity index (χ0n) is 10.5. The Bertz CT molecular complexity index is 436. The fraction of sp³-hybridized carbons (Fsp3) is 0.429. The first-order chi connectivity index (χ1) is 9.18. The maximum Gasteiger partial charge on any atom is 0.325 e. The largest absolute Gasteiger partial charge is 0.480 e. The summed E-state index contributed by atoms with van der Waals surface area (Å²) in [7, 11) is 0. The van der Waals surface area contributed by atoms with E-state index >= 15 is 0 Å². The minimum Gasteiger partial charge on any atom is -0.480 e. The molecule has 1 fully saturated rings. The van der Waals surface area contributed by atoms with Gasteiger partial charge in [-0.3, -0.25) is 9.59 Å². The monoisotopic (exact) mass is 264 g/mol. The van der Waals surface area contributed by atoms with E-state index in [0.29, 0.717) is 31.6 Å². The summed E-state index contributed by atoms with van der Waals surface area (Å²) in [6.45, 7) is 1.09. The van der Waals surface area contributed by atoms with E-state index in [1.807, 2.05) is 0 Å². The molecule has 1 aromatic rings. The van der Waals surface area contributed by atoms with Gasteiger partial charge in [-0.2, -0.15) is 0 Å². The number of benzene rings is 1. The van der Waals surface area contributed by atoms with Crippen molar-refractivity contribution in [2.45, 2.75) is 24.9 Å². The molecule has 1 aliphatic heterocycles. The van der Waals surface area contributed by atoms with Crippen molar-refractivity contribution in [2.24, 2.45) is 0 Å². The van der Waals surface area contributed by atoms with E-state index in [4.69, 9.17) is 9.47 Å². The Morgan fingerprint density at radius 2 is 1.84 bits per heavy atom. The van der Waals surface area contributed by atoms with E-state index in [2.05, 4.69) is 0 Å².